The Hall–Kier alpha value is -3.30. The Bertz CT molecular complexity index is 896. The van der Waals surface area contributed by atoms with E-state index in [0.29, 0.717) is 11.1 Å². The Labute approximate surface area is 122 Å². The lowest BCUT2D eigenvalue weighted by Crippen LogP contribution is -2.20. The summed E-state index contributed by atoms with van der Waals surface area (Å²) in [6, 6.07) is 2.98. The van der Waals surface area contributed by atoms with Crippen LogP contribution in [0, 0.1) is 24.0 Å². The van der Waals surface area contributed by atoms with Crippen LogP contribution in [0.15, 0.2) is 32.0 Å². The van der Waals surface area contributed by atoms with Gasteiger partial charge in [-0.25, -0.2) is 4.79 Å². The molecule has 0 bridgehead atoms. The molecule has 0 saturated heterocycles. The molecule has 0 aliphatic carbocycles. The molecule has 0 atom stereocenters. The molecule has 0 amide bonds. The number of rotatable bonds is 3. The minimum Gasteiger partial charge on any atom is -0.493 e. The Kier molecular flexibility index (Phi) is 3.84. The lowest BCUT2D eigenvalue weighted by atomic mass is 10.1. The van der Waals surface area contributed by atoms with Gasteiger partial charge in [0, 0.05) is 6.07 Å². The van der Waals surface area contributed by atoms with Crippen molar-refractivity contribution in [1.82, 2.24) is 9.97 Å². The van der Waals surface area contributed by atoms with Crippen molar-refractivity contribution in [2.45, 2.75) is 13.8 Å². The topological polar surface area (TPSA) is 154 Å². The van der Waals surface area contributed by atoms with Crippen LogP contribution in [-0.2, 0) is 0 Å². The zero-order valence-electron chi connectivity index (χ0n) is 11.6. The summed E-state index contributed by atoms with van der Waals surface area (Å²) in [6.07, 6.45) is 0. The molecule has 22 heavy (non-hydrogen) atoms. The Morgan fingerprint density at radius 2 is 1.77 bits per heavy atom. The van der Waals surface area contributed by atoms with E-state index in [2.05, 4.69) is 10.2 Å². The highest BCUT2D eigenvalue weighted by atomic mass is 16.6. The number of nitrogens with zero attached hydrogens (tertiary/aromatic N) is 3. The van der Waals surface area contributed by atoms with Crippen LogP contribution in [0.1, 0.15) is 11.1 Å². The van der Waals surface area contributed by atoms with E-state index in [1.807, 2.05) is 9.97 Å². The molecule has 2 aromatic rings. The Balaban J connectivity index is 2.59. The number of nitro groups is 1. The fraction of sp³-hybridized carbons (Fsp3) is 0.167. The molecular formula is C12H11N5O5. The minimum atomic E-state index is -0.961. The maximum Gasteiger partial charge on any atom is 0.328 e. The fourth-order valence-corrected chi connectivity index (χ4v) is 1.87. The molecule has 2 rings (SSSR count). The first-order chi connectivity index (χ1) is 10.3. The van der Waals surface area contributed by atoms with Crippen LogP contribution in [0.3, 0.4) is 0 Å². The van der Waals surface area contributed by atoms with Gasteiger partial charge in [0.05, 0.1) is 4.92 Å². The number of nitro benzene ring substituents is 1. The molecule has 0 radical (unpaired) electrons. The third-order valence-corrected chi connectivity index (χ3v) is 2.77. The average molecular weight is 305 g/mol. The molecule has 3 N–H and O–H groups in total. The van der Waals surface area contributed by atoms with E-state index < -0.39 is 27.7 Å². The number of H-pyrrole nitrogens is 2. The molecule has 0 aliphatic heterocycles. The average Bonchev–Trinajstić information content (AvgIpc) is 2.38. The number of benzene rings is 1. The maximum absolute atomic E-state index is 11.5. The minimum absolute atomic E-state index is 0.0411. The zero-order valence-corrected chi connectivity index (χ0v) is 11.6. The summed E-state index contributed by atoms with van der Waals surface area (Å²) in [5.41, 5.74) is -1.57. The Morgan fingerprint density at radius 3 is 2.36 bits per heavy atom. The zero-order chi connectivity index (χ0) is 16.4. The molecule has 10 nitrogen and oxygen atoms in total. The van der Waals surface area contributed by atoms with Gasteiger partial charge in [0.15, 0.2) is 5.69 Å². The van der Waals surface area contributed by atoms with Crippen LogP contribution in [0.25, 0.3) is 0 Å². The number of hydrogen-bond acceptors (Lipinski definition) is 7. The standard InChI is InChI=1S/C12H11N5O5/c1-5-3-6(2)8(7(4-5)17(21)22)15-16-9-10(18)13-12(20)14-11(9)19/h3-4H,1-2H3,(H3,13,14,18,19,20). The van der Waals surface area contributed by atoms with E-state index in [4.69, 9.17) is 0 Å². The number of aromatic hydroxyl groups is 1. The van der Waals surface area contributed by atoms with Gasteiger partial charge >= 0.3 is 5.69 Å². The van der Waals surface area contributed by atoms with Crippen molar-refractivity contribution >= 4 is 17.1 Å². The van der Waals surface area contributed by atoms with Gasteiger partial charge in [0.1, 0.15) is 0 Å². The normalized spacial score (nSPS) is 11.0. The summed E-state index contributed by atoms with van der Waals surface area (Å²) >= 11 is 0. The first-order valence-electron chi connectivity index (χ1n) is 6.02. The molecule has 0 spiro atoms. The number of aromatic nitrogens is 2. The predicted octanol–water partition coefficient (Wildman–Crippen LogP) is 1.71. The molecule has 1 aromatic heterocycles. The fourth-order valence-electron chi connectivity index (χ4n) is 1.87. The van der Waals surface area contributed by atoms with Crippen LogP contribution in [0.2, 0.25) is 0 Å². The van der Waals surface area contributed by atoms with Crippen molar-refractivity contribution in [1.29, 1.82) is 0 Å². The quantitative estimate of drug-likeness (QED) is 0.447. The van der Waals surface area contributed by atoms with E-state index >= 15 is 0 Å². The van der Waals surface area contributed by atoms with Crippen LogP contribution >= 0.6 is 0 Å². The summed E-state index contributed by atoms with van der Waals surface area (Å²) in [5, 5.41) is 27.7. The second-order valence-electron chi connectivity index (χ2n) is 4.51. The summed E-state index contributed by atoms with van der Waals surface area (Å²) in [4.78, 5) is 36.7. The van der Waals surface area contributed by atoms with Crippen molar-refractivity contribution in [2.24, 2.45) is 10.2 Å². The molecule has 114 valence electrons. The van der Waals surface area contributed by atoms with Crippen molar-refractivity contribution in [3.63, 3.8) is 0 Å². The van der Waals surface area contributed by atoms with Gasteiger partial charge in [-0.2, -0.15) is 0 Å². The first kappa shape index (κ1) is 15.1. The highest BCUT2D eigenvalue weighted by molar-refractivity contribution is 5.63. The molecule has 0 aliphatic rings. The van der Waals surface area contributed by atoms with Gasteiger partial charge in [0.25, 0.3) is 11.2 Å². The molecule has 1 heterocycles. The van der Waals surface area contributed by atoms with Gasteiger partial charge in [-0.1, -0.05) is 6.07 Å². The number of aryl methyl sites for hydroxylation is 2. The second-order valence-corrected chi connectivity index (χ2v) is 4.51. The van der Waals surface area contributed by atoms with Crippen LogP contribution < -0.4 is 11.2 Å². The van der Waals surface area contributed by atoms with Crippen LogP contribution in [0.5, 0.6) is 5.88 Å². The van der Waals surface area contributed by atoms with E-state index in [0.717, 1.165) is 0 Å². The third kappa shape index (κ3) is 2.90. The highest BCUT2D eigenvalue weighted by Gasteiger charge is 2.17. The monoisotopic (exact) mass is 305 g/mol. The summed E-state index contributed by atoms with van der Waals surface area (Å²) in [5.74, 6) is -0.773. The van der Waals surface area contributed by atoms with Gasteiger partial charge in [0.2, 0.25) is 11.6 Å². The third-order valence-electron chi connectivity index (χ3n) is 2.77. The summed E-state index contributed by atoms with van der Waals surface area (Å²) in [7, 11) is 0. The molecule has 0 fully saturated rings. The Morgan fingerprint density at radius 1 is 1.14 bits per heavy atom. The first-order valence-corrected chi connectivity index (χ1v) is 6.02. The maximum atomic E-state index is 11.5. The van der Waals surface area contributed by atoms with Crippen molar-refractivity contribution in [3.8, 4) is 5.88 Å². The second kappa shape index (κ2) is 5.60. The lowest BCUT2D eigenvalue weighted by molar-refractivity contribution is -0.384. The number of aromatic amines is 2. The SMILES string of the molecule is Cc1cc(C)c(N=Nc2c(O)[nH]c(=O)[nH]c2=O)c([N+](=O)[O-])c1. The van der Waals surface area contributed by atoms with Crippen molar-refractivity contribution < 1.29 is 10.0 Å². The van der Waals surface area contributed by atoms with Gasteiger partial charge in [-0.3, -0.25) is 24.9 Å². The van der Waals surface area contributed by atoms with Crippen LogP contribution in [0.4, 0.5) is 17.1 Å². The predicted molar refractivity (Wildman–Crippen MR) is 76.1 cm³/mol. The van der Waals surface area contributed by atoms with Gasteiger partial charge in [-0.15, -0.1) is 10.2 Å². The van der Waals surface area contributed by atoms with E-state index in [1.165, 1.54) is 6.07 Å². The molecule has 1 aromatic carbocycles. The lowest BCUT2D eigenvalue weighted by Gasteiger charge is -2.02. The van der Waals surface area contributed by atoms with E-state index in [9.17, 15) is 24.8 Å². The largest absolute Gasteiger partial charge is 0.493 e. The molecule has 0 saturated carbocycles. The van der Waals surface area contributed by atoms with Crippen molar-refractivity contribution in [2.75, 3.05) is 0 Å². The summed E-state index contributed by atoms with van der Waals surface area (Å²) in [6.45, 7) is 3.30. The number of nitrogens with one attached hydrogen (secondary N) is 2. The van der Waals surface area contributed by atoms with Gasteiger partial charge < -0.3 is 5.11 Å². The van der Waals surface area contributed by atoms with E-state index in [-0.39, 0.29) is 11.4 Å². The number of azo groups is 1. The van der Waals surface area contributed by atoms with Crippen LogP contribution in [-0.4, -0.2) is 20.0 Å². The number of hydrogen-bond donors (Lipinski definition) is 3. The summed E-state index contributed by atoms with van der Waals surface area (Å²) < 4.78 is 0. The van der Waals surface area contributed by atoms with Gasteiger partial charge in [-0.05, 0) is 25.0 Å². The van der Waals surface area contributed by atoms with E-state index in [1.54, 1.807) is 19.9 Å². The molecule has 10 heteroatoms. The molecule has 0 unspecified atom stereocenters. The highest BCUT2D eigenvalue weighted by Crippen LogP contribution is 2.33. The van der Waals surface area contributed by atoms with Crippen molar-refractivity contribution in [3.05, 3.63) is 54.2 Å². The smallest absolute Gasteiger partial charge is 0.328 e. The molecular weight excluding hydrogens is 294 g/mol.